The van der Waals surface area contributed by atoms with Crippen molar-refractivity contribution in [3.63, 3.8) is 0 Å². The Morgan fingerprint density at radius 1 is 0.844 bits per heavy atom. The number of fused-ring (bicyclic) bond motifs is 5. The molecule has 5 nitrogen and oxygen atoms in total. The molecule has 0 radical (unpaired) electrons. The van der Waals surface area contributed by atoms with Crippen LogP contribution in [0, 0.1) is 11.8 Å². The van der Waals surface area contributed by atoms with Crippen LogP contribution in [0.3, 0.4) is 0 Å². The quantitative estimate of drug-likeness (QED) is 0.630. The molecule has 2 aromatic rings. The number of piperidine rings is 2. The standard InChI is InChI=1S/C27H35N3O2/c1-17(31)26-27(32)30(25-11-3-2-10-24(25)28-26)23-15-20-8-5-9-21(16-23)29(20)22-13-18-6-4-7-19(12-18)14-22/h2-3,10-11,18-23H,4-9,12-16H2,1H3/t18-,19+,20?,21?,22+,23?. The highest BCUT2D eigenvalue weighted by molar-refractivity contribution is 5.93. The van der Waals surface area contributed by atoms with Gasteiger partial charge >= 0.3 is 0 Å². The number of benzene rings is 1. The molecular formula is C27H35N3O2. The Kier molecular flexibility index (Phi) is 5.20. The molecule has 4 aliphatic rings. The van der Waals surface area contributed by atoms with Crippen LogP contribution in [-0.2, 0) is 0 Å². The Bertz CT molecular complexity index is 1070. The average Bonchev–Trinajstić information content (AvgIpc) is 2.77. The van der Waals surface area contributed by atoms with Gasteiger partial charge in [0.05, 0.1) is 11.0 Å². The third-order valence-corrected chi connectivity index (χ3v) is 9.02. The van der Waals surface area contributed by atoms with E-state index >= 15 is 0 Å². The molecule has 5 heteroatoms. The Balaban J connectivity index is 1.35. The Morgan fingerprint density at radius 3 is 2.19 bits per heavy atom. The molecule has 32 heavy (non-hydrogen) atoms. The number of nitrogens with zero attached hydrogens (tertiary/aromatic N) is 3. The van der Waals surface area contributed by atoms with Crippen LogP contribution in [0.15, 0.2) is 29.1 Å². The van der Waals surface area contributed by atoms with Crippen LogP contribution < -0.4 is 5.56 Å². The summed E-state index contributed by atoms with van der Waals surface area (Å²) in [6.45, 7) is 1.46. The van der Waals surface area contributed by atoms with Crippen molar-refractivity contribution >= 4 is 16.8 Å². The maximum absolute atomic E-state index is 13.4. The topological polar surface area (TPSA) is 55.2 Å². The second-order valence-corrected chi connectivity index (χ2v) is 11.0. The maximum Gasteiger partial charge on any atom is 0.280 e. The molecule has 2 aliphatic heterocycles. The van der Waals surface area contributed by atoms with E-state index in [4.69, 9.17) is 0 Å². The molecule has 2 saturated heterocycles. The molecule has 0 amide bonds. The largest absolute Gasteiger partial charge is 0.302 e. The SMILES string of the molecule is CC(=O)c1nc2ccccc2n(C2CC3CCCC(C2)N3[C@H]2C[C@@H]3CCC[C@@H](C3)C2)c1=O. The highest BCUT2D eigenvalue weighted by Crippen LogP contribution is 2.47. The Morgan fingerprint density at radius 2 is 1.50 bits per heavy atom. The van der Waals surface area contributed by atoms with Crippen molar-refractivity contribution in [3.05, 3.63) is 40.3 Å². The van der Waals surface area contributed by atoms with Gasteiger partial charge in [-0.2, -0.15) is 0 Å². The fraction of sp³-hybridized carbons (Fsp3) is 0.667. The monoisotopic (exact) mass is 433 g/mol. The lowest BCUT2D eigenvalue weighted by Crippen LogP contribution is -2.58. The van der Waals surface area contributed by atoms with Gasteiger partial charge in [0.2, 0.25) is 0 Å². The maximum atomic E-state index is 13.4. The number of carbonyl (C=O) groups excluding carboxylic acids is 1. The minimum atomic E-state index is -0.235. The summed E-state index contributed by atoms with van der Waals surface area (Å²) in [7, 11) is 0. The average molecular weight is 434 g/mol. The van der Waals surface area contributed by atoms with Crippen LogP contribution in [0.4, 0.5) is 0 Å². The van der Waals surface area contributed by atoms with Gasteiger partial charge in [0.1, 0.15) is 0 Å². The molecule has 1 aromatic heterocycles. The summed E-state index contributed by atoms with van der Waals surface area (Å²) in [5, 5.41) is 0. The van der Waals surface area contributed by atoms with E-state index in [1.807, 2.05) is 28.8 Å². The molecular weight excluding hydrogens is 398 g/mol. The van der Waals surface area contributed by atoms with Crippen molar-refractivity contribution in [3.8, 4) is 0 Å². The van der Waals surface area contributed by atoms with E-state index in [0.717, 1.165) is 41.8 Å². The summed E-state index contributed by atoms with van der Waals surface area (Å²) in [6.07, 6.45) is 14.4. The van der Waals surface area contributed by atoms with Gasteiger partial charge in [0.25, 0.3) is 5.56 Å². The van der Waals surface area contributed by atoms with E-state index in [-0.39, 0.29) is 23.1 Å². The lowest BCUT2D eigenvalue weighted by atomic mass is 9.68. The van der Waals surface area contributed by atoms with Crippen LogP contribution >= 0.6 is 0 Å². The van der Waals surface area contributed by atoms with Crippen LogP contribution in [0.1, 0.15) is 94.1 Å². The molecule has 2 unspecified atom stereocenters. The zero-order chi connectivity index (χ0) is 21.8. The number of hydrogen-bond donors (Lipinski definition) is 0. The molecule has 2 saturated carbocycles. The van der Waals surface area contributed by atoms with E-state index in [9.17, 15) is 9.59 Å². The van der Waals surface area contributed by atoms with E-state index in [1.54, 1.807) is 0 Å². The summed E-state index contributed by atoms with van der Waals surface area (Å²) < 4.78 is 1.94. The molecule has 0 spiro atoms. The fourth-order valence-electron chi connectivity index (χ4n) is 7.88. The van der Waals surface area contributed by atoms with E-state index in [1.165, 1.54) is 64.7 Å². The summed E-state index contributed by atoms with van der Waals surface area (Å²) in [4.78, 5) is 33.0. The predicted molar refractivity (Wildman–Crippen MR) is 126 cm³/mol. The fourth-order valence-corrected chi connectivity index (χ4v) is 7.88. The van der Waals surface area contributed by atoms with Crippen molar-refractivity contribution in [2.45, 2.75) is 102 Å². The van der Waals surface area contributed by atoms with E-state index in [0.29, 0.717) is 12.1 Å². The molecule has 0 N–H and O–H groups in total. The van der Waals surface area contributed by atoms with Crippen molar-refractivity contribution in [1.29, 1.82) is 0 Å². The van der Waals surface area contributed by atoms with Gasteiger partial charge in [-0.25, -0.2) is 4.98 Å². The summed E-state index contributed by atoms with van der Waals surface area (Å²) in [6, 6.07) is 9.87. The summed E-state index contributed by atoms with van der Waals surface area (Å²) in [5.41, 5.74) is 1.53. The first-order valence-electron chi connectivity index (χ1n) is 12.9. The smallest absolute Gasteiger partial charge is 0.280 e. The number of aromatic nitrogens is 2. The second-order valence-electron chi connectivity index (χ2n) is 11.0. The lowest BCUT2D eigenvalue weighted by molar-refractivity contribution is -0.0486. The minimum Gasteiger partial charge on any atom is -0.302 e. The molecule has 4 fully saturated rings. The van der Waals surface area contributed by atoms with Gasteiger partial charge < -0.3 is 4.57 Å². The van der Waals surface area contributed by atoms with Gasteiger partial charge in [0.15, 0.2) is 11.5 Å². The minimum absolute atomic E-state index is 0.0939. The highest BCUT2D eigenvalue weighted by atomic mass is 16.1. The van der Waals surface area contributed by atoms with Crippen LogP contribution in [0.5, 0.6) is 0 Å². The molecule has 170 valence electrons. The number of hydrogen-bond acceptors (Lipinski definition) is 4. The van der Waals surface area contributed by atoms with E-state index < -0.39 is 0 Å². The van der Waals surface area contributed by atoms with Gasteiger partial charge in [0, 0.05) is 31.1 Å². The van der Waals surface area contributed by atoms with Crippen molar-refractivity contribution in [2.75, 3.05) is 0 Å². The zero-order valence-corrected chi connectivity index (χ0v) is 19.2. The first-order valence-corrected chi connectivity index (χ1v) is 12.9. The number of ketones is 1. The predicted octanol–water partition coefficient (Wildman–Crippen LogP) is 5.13. The number of rotatable bonds is 3. The Labute approximate surface area is 190 Å². The third kappa shape index (κ3) is 3.44. The molecule has 6 rings (SSSR count). The third-order valence-electron chi connectivity index (χ3n) is 9.02. The first kappa shape index (κ1) is 20.6. The van der Waals surface area contributed by atoms with E-state index in [2.05, 4.69) is 9.88 Å². The summed E-state index contributed by atoms with van der Waals surface area (Å²) in [5.74, 6) is 1.65. The van der Waals surface area contributed by atoms with Gasteiger partial charge in [-0.05, 0) is 68.9 Å². The van der Waals surface area contributed by atoms with Gasteiger partial charge in [-0.15, -0.1) is 0 Å². The highest BCUT2D eigenvalue weighted by Gasteiger charge is 2.45. The zero-order valence-electron chi connectivity index (χ0n) is 19.2. The lowest BCUT2D eigenvalue weighted by Gasteiger charge is -2.55. The Hall–Kier alpha value is -2.01. The van der Waals surface area contributed by atoms with Crippen molar-refractivity contribution in [1.82, 2.24) is 14.5 Å². The van der Waals surface area contributed by atoms with Gasteiger partial charge in [-0.1, -0.05) is 37.8 Å². The molecule has 2 aliphatic carbocycles. The van der Waals surface area contributed by atoms with Gasteiger partial charge in [-0.3, -0.25) is 14.5 Å². The van der Waals surface area contributed by atoms with Crippen LogP contribution in [0.2, 0.25) is 0 Å². The first-order chi connectivity index (χ1) is 15.6. The van der Waals surface area contributed by atoms with Crippen molar-refractivity contribution in [2.24, 2.45) is 11.8 Å². The molecule has 5 atom stereocenters. The summed E-state index contributed by atoms with van der Waals surface area (Å²) >= 11 is 0. The van der Waals surface area contributed by atoms with Crippen LogP contribution in [-0.4, -0.2) is 38.4 Å². The number of para-hydroxylation sites is 2. The molecule has 3 heterocycles. The number of Topliss-reactive ketones (excluding diaryl/α,β-unsaturated/α-hetero) is 1. The number of carbonyl (C=O) groups is 1. The molecule has 1 aromatic carbocycles. The second kappa shape index (κ2) is 8.09. The van der Waals surface area contributed by atoms with Crippen LogP contribution in [0.25, 0.3) is 11.0 Å². The van der Waals surface area contributed by atoms with Crippen molar-refractivity contribution < 1.29 is 4.79 Å². The normalized spacial score (nSPS) is 35.0. The molecule has 4 bridgehead atoms.